The number of hydrogen-bond donors (Lipinski definition) is 2. The van der Waals surface area contributed by atoms with E-state index >= 15 is 0 Å². The van der Waals surface area contributed by atoms with E-state index in [2.05, 4.69) is 0 Å². The number of para-hydroxylation sites is 1. The first-order valence-electron chi connectivity index (χ1n) is 6.36. The van der Waals surface area contributed by atoms with Gasteiger partial charge in [-0.15, -0.1) is 0 Å². The van der Waals surface area contributed by atoms with Gasteiger partial charge in [-0.3, -0.25) is 14.5 Å². The zero-order valence-corrected chi connectivity index (χ0v) is 11.6. The van der Waals surface area contributed by atoms with Crippen molar-refractivity contribution in [2.45, 2.75) is 25.8 Å². The van der Waals surface area contributed by atoms with Gasteiger partial charge in [-0.2, -0.15) is 0 Å². The number of amides is 1. The Morgan fingerprint density at radius 1 is 1.09 bits per heavy atom. The van der Waals surface area contributed by atoms with Crippen LogP contribution in [0.15, 0.2) is 30.3 Å². The molecule has 8 heteroatoms. The van der Waals surface area contributed by atoms with Crippen LogP contribution in [0.1, 0.15) is 13.3 Å². The van der Waals surface area contributed by atoms with Crippen molar-refractivity contribution in [3.63, 3.8) is 0 Å². The van der Waals surface area contributed by atoms with E-state index in [0.717, 1.165) is 4.90 Å². The zero-order valence-electron chi connectivity index (χ0n) is 11.6. The monoisotopic (exact) mass is 315 g/mol. The highest BCUT2D eigenvalue weighted by Gasteiger charge is 2.35. The minimum Gasteiger partial charge on any atom is -0.481 e. The molecule has 1 unspecified atom stereocenters. The molecule has 0 aliphatic rings. The fourth-order valence-electron chi connectivity index (χ4n) is 1.85. The average Bonchev–Trinajstić information content (AvgIpc) is 2.45. The molecule has 1 rings (SSSR count). The van der Waals surface area contributed by atoms with Crippen molar-refractivity contribution < 1.29 is 33.4 Å². The van der Waals surface area contributed by atoms with Crippen LogP contribution in [0.4, 0.5) is 14.5 Å². The summed E-state index contributed by atoms with van der Waals surface area (Å²) in [6.07, 6.45) is -4.21. The number of aliphatic carboxylic acids is 2. The molecule has 0 aliphatic heterocycles. The molecule has 0 bridgehead atoms. The molecule has 1 aromatic carbocycles. The third-order valence-electron chi connectivity index (χ3n) is 3.06. The van der Waals surface area contributed by atoms with Crippen LogP contribution in [0.3, 0.4) is 0 Å². The van der Waals surface area contributed by atoms with Crippen molar-refractivity contribution >= 4 is 23.5 Å². The molecule has 0 spiro atoms. The van der Waals surface area contributed by atoms with Gasteiger partial charge in [0.05, 0.1) is 0 Å². The third kappa shape index (κ3) is 4.24. The molecule has 120 valence electrons. The van der Waals surface area contributed by atoms with E-state index in [1.807, 2.05) is 0 Å². The predicted octanol–water partition coefficient (Wildman–Crippen LogP) is 1.85. The third-order valence-corrected chi connectivity index (χ3v) is 3.06. The van der Waals surface area contributed by atoms with E-state index in [-0.39, 0.29) is 5.69 Å². The number of carboxylic acid groups (broad SMARTS) is 2. The number of alkyl halides is 2. The first kappa shape index (κ1) is 17.5. The highest BCUT2D eigenvalue weighted by atomic mass is 19.3. The Hall–Kier alpha value is -2.51. The fourth-order valence-corrected chi connectivity index (χ4v) is 1.85. The molecule has 0 aromatic heterocycles. The number of carboxylic acids is 2. The number of benzene rings is 1. The lowest BCUT2D eigenvalue weighted by atomic mass is 10.0. The van der Waals surface area contributed by atoms with Crippen LogP contribution in [-0.2, 0) is 14.4 Å². The summed E-state index contributed by atoms with van der Waals surface area (Å²) in [5.41, 5.74) is 0.195. The van der Waals surface area contributed by atoms with Crippen molar-refractivity contribution in [3.05, 3.63) is 30.3 Å². The fraction of sp³-hybridized carbons (Fsp3) is 0.357. The maximum Gasteiger partial charge on any atom is 0.326 e. The van der Waals surface area contributed by atoms with Gasteiger partial charge in [-0.1, -0.05) is 18.2 Å². The van der Waals surface area contributed by atoms with Crippen LogP contribution < -0.4 is 4.90 Å². The predicted molar refractivity (Wildman–Crippen MR) is 72.8 cm³/mol. The van der Waals surface area contributed by atoms with Crippen molar-refractivity contribution in [2.24, 2.45) is 5.92 Å². The van der Waals surface area contributed by atoms with Crippen LogP contribution in [0.25, 0.3) is 0 Å². The zero-order chi connectivity index (χ0) is 16.9. The molecule has 0 aliphatic carbocycles. The normalized spacial score (nSPS) is 13.5. The molecule has 2 atom stereocenters. The largest absolute Gasteiger partial charge is 0.481 e. The molecule has 0 heterocycles. The Morgan fingerprint density at radius 3 is 2.05 bits per heavy atom. The number of nitrogens with zero attached hydrogens (tertiary/aromatic N) is 1. The summed E-state index contributed by atoms with van der Waals surface area (Å²) in [4.78, 5) is 34.9. The first-order chi connectivity index (χ1) is 10.3. The topological polar surface area (TPSA) is 94.9 Å². The highest BCUT2D eigenvalue weighted by Crippen LogP contribution is 2.22. The Labute approximate surface area is 125 Å². The molecular weight excluding hydrogens is 300 g/mol. The molecule has 0 saturated heterocycles. The van der Waals surface area contributed by atoms with Gasteiger partial charge in [0.25, 0.3) is 6.43 Å². The molecule has 0 fully saturated rings. The number of carbonyl (C=O) groups is 3. The van der Waals surface area contributed by atoms with Crippen LogP contribution in [0.5, 0.6) is 0 Å². The summed E-state index contributed by atoms with van der Waals surface area (Å²) in [5.74, 6) is -6.31. The van der Waals surface area contributed by atoms with Gasteiger partial charge in [0.2, 0.25) is 5.91 Å². The Morgan fingerprint density at radius 2 is 1.64 bits per heavy atom. The lowest BCUT2D eigenvalue weighted by Gasteiger charge is -2.27. The van der Waals surface area contributed by atoms with Gasteiger partial charge >= 0.3 is 11.9 Å². The minimum absolute atomic E-state index is 0.195. The lowest BCUT2D eigenvalue weighted by Crippen LogP contribution is -2.45. The SMILES string of the molecule is C[C@@H](C(=O)O)N(C(=O)CC(C(=O)O)C(F)F)c1ccccc1. The van der Waals surface area contributed by atoms with E-state index in [0.29, 0.717) is 0 Å². The van der Waals surface area contributed by atoms with Gasteiger partial charge in [0.15, 0.2) is 0 Å². The van der Waals surface area contributed by atoms with Gasteiger partial charge in [0, 0.05) is 12.1 Å². The summed E-state index contributed by atoms with van der Waals surface area (Å²) >= 11 is 0. The molecule has 22 heavy (non-hydrogen) atoms. The summed E-state index contributed by atoms with van der Waals surface area (Å²) in [6.45, 7) is 1.21. The standard InChI is InChI=1S/C14H15F2NO5/c1-8(13(19)20)17(9-5-3-2-4-6-9)11(18)7-10(12(15)16)14(21)22/h2-6,8,10,12H,7H2,1H3,(H,19,20)(H,21,22)/t8-,10?/m0/s1. The Balaban J connectivity index is 3.09. The second-order valence-corrected chi connectivity index (χ2v) is 4.60. The first-order valence-corrected chi connectivity index (χ1v) is 6.36. The van der Waals surface area contributed by atoms with Crippen molar-refractivity contribution in [2.75, 3.05) is 4.90 Å². The molecule has 1 aromatic rings. The van der Waals surface area contributed by atoms with Crippen LogP contribution in [0, 0.1) is 5.92 Å². The van der Waals surface area contributed by atoms with E-state index < -0.39 is 42.7 Å². The molecule has 1 amide bonds. The maximum atomic E-state index is 12.7. The van der Waals surface area contributed by atoms with E-state index in [1.165, 1.54) is 19.1 Å². The summed E-state index contributed by atoms with van der Waals surface area (Å²) in [6, 6.07) is 6.29. The summed E-state index contributed by atoms with van der Waals surface area (Å²) in [5, 5.41) is 17.8. The Bertz CT molecular complexity index is 549. The van der Waals surface area contributed by atoms with E-state index in [4.69, 9.17) is 10.2 Å². The van der Waals surface area contributed by atoms with Crippen LogP contribution in [-0.4, -0.2) is 40.5 Å². The van der Waals surface area contributed by atoms with Crippen molar-refractivity contribution in [3.8, 4) is 0 Å². The number of anilines is 1. The van der Waals surface area contributed by atoms with Crippen LogP contribution >= 0.6 is 0 Å². The van der Waals surface area contributed by atoms with Crippen molar-refractivity contribution in [1.82, 2.24) is 0 Å². The smallest absolute Gasteiger partial charge is 0.326 e. The average molecular weight is 315 g/mol. The number of rotatable bonds is 7. The Kier molecular flexibility index (Phi) is 5.97. The van der Waals surface area contributed by atoms with Gasteiger partial charge in [-0.05, 0) is 19.1 Å². The quantitative estimate of drug-likeness (QED) is 0.800. The molecule has 0 radical (unpaired) electrons. The lowest BCUT2D eigenvalue weighted by molar-refractivity contribution is -0.149. The molecular formula is C14H15F2NO5. The van der Waals surface area contributed by atoms with Crippen molar-refractivity contribution in [1.29, 1.82) is 0 Å². The van der Waals surface area contributed by atoms with Gasteiger partial charge in [-0.25, -0.2) is 13.6 Å². The minimum atomic E-state index is -3.22. The number of hydrogen-bond acceptors (Lipinski definition) is 3. The van der Waals surface area contributed by atoms with E-state index in [9.17, 15) is 23.2 Å². The molecule has 6 nitrogen and oxygen atoms in total. The second-order valence-electron chi connectivity index (χ2n) is 4.60. The molecule has 0 saturated carbocycles. The molecule has 2 N–H and O–H groups in total. The second kappa shape index (κ2) is 7.48. The number of halogens is 2. The number of carbonyl (C=O) groups excluding carboxylic acids is 1. The summed E-state index contributed by atoms with van der Waals surface area (Å²) in [7, 11) is 0. The van der Waals surface area contributed by atoms with E-state index in [1.54, 1.807) is 18.2 Å². The summed E-state index contributed by atoms with van der Waals surface area (Å²) < 4.78 is 25.3. The highest BCUT2D eigenvalue weighted by molar-refractivity contribution is 6.00. The van der Waals surface area contributed by atoms with Crippen LogP contribution in [0.2, 0.25) is 0 Å². The van der Waals surface area contributed by atoms with Gasteiger partial charge in [0.1, 0.15) is 12.0 Å². The van der Waals surface area contributed by atoms with Gasteiger partial charge < -0.3 is 10.2 Å². The maximum absolute atomic E-state index is 12.7.